The molecule has 0 saturated heterocycles. The third-order valence-corrected chi connectivity index (χ3v) is 5.26. The molecule has 0 radical (unpaired) electrons. The number of hydrogen-bond donors (Lipinski definition) is 1. The van der Waals surface area contributed by atoms with E-state index in [0.717, 1.165) is 22.9 Å². The fourth-order valence-electron chi connectivity index (χ4n) is 3.42. The number of para-hydroxylation sites is 1. The van der Waals surface area contributed by atoms with E-state index in [9.17, 15) is 4.79 Å². The van der Waals surface area contributed by atoms with E-state index >= 15 is 0 Å². The fraction of sp³-hybridized carbons (Fsp3) is 0.185. The topological polar surface area (TPSA) is 51.2 Å². The van der Waals surface area contributed by atoms with Crippen LogP contribution in [0.1, 0.15) is 32.6 Å². The summed E-state index contributed by atoms with van der Waals surface area (Å²) in [7, 11) is 0. The Morgan fingerprint density at radius 1 is 0.871 bits per heavy atom. The molecule has 0 atom stereocenters. The van der Waals surface area contributed by atoms with Crippen LogP contribution in [0.5, 0.6) is 5.88 Å². The average Bonchev–Trinajstić information content (AvgIpc) is 2.79. The van der Waals surface area contributed by atoms with Gasteiger partial charge in [0.15, 0.2) is 0 Å². The number of aryl methyl sites for hydroxylation is 2. The third kappa shape index (κ3) is 5.28. The Kier molecular flexibility index (Phi) is 6.27. The Morgan fingerprint density at radius 2 is 1.52 bits per heavy atom. The van der Waals surface area contributed by atoms with Gasteiger partial charge in [0.25, 0.3) is 5.91 Å². The first-order valence-electron chi connectivity index (χ1n) is 10.5. The monoisotopic (exact) mass is 410 g/mol. The molecule has 4 heteroatoms. The van der Waals surface area contributed by atoms with Gasteiger partial charge in [-0.05, 0) is 37.5 Å². The molecular weight excluding hydrogens is 384 g/mol. The van der Waals surface area contributed by atoms with E-state index in [1.165, 1.54) is 16.7 Å². The van der Waals surface area contributed by atoms with Gasteiger partial charge in [-0.3, -0.25) is 4.79 Å². The van der Waals surface area contributed by atoms with Gasteiger partial charge in [-0.25, -0.2) is 4.98 Å². The van der Waals surface area contributed by atoms with Gasteiger partial charge in [0, 0.05) is 18.0 Å². The summed E-state index contributed by atoms with van der Waals surface area (Å²) in [6.45, 7) is 5.09. The highest BCUT2D eigenvalue weighted by atomic mass is 16.5. The molecule has 0 aliphatic carbocycles. The summed E-state index contributed by atoms with van der Waals surface area (Å²) in [5.41, 5.74) is 6.02. The minimum atomic E-state index is -0.120. The van der Waals surface area contributed by atoms with Gasteiger partial charge < -0.3 is 10.1 Å². The minimum absolute atomic E-state index is 0.120. The van der Waals surface area contributed by atoms with E-state index in [1.807, 2.05) is 36.4 Å². The first kappa shape index (κ1) is 20.6. The van der Waals surface area contributed by atoms with Crippen LogP contribution in [0.15, 0.2) is 78.9 Å². The molecule has 4 rings (SSSR count). The Balaban J connectivity index is 1.49. The molecule has 0 bridgehead atoms. The molecule has 4 aromatic rings. The SMILES string of the molecule is Cc1ccc(CCNC(=O)c2cc(OCc3ccc(C)cc3)nc3ccccc23)cc1. The molecule has 1 aromatic heterocycles. The predicted molar refractivity (Wildman–Crippen MR) is 124 cm³/mol. The normalized spacial score (nSPS) is 10.8. The molecule has 1 N–H and O–H groups in total. The van der Waals surface area contributed by atoms with Crippen LogP contribution in [0, 0.1) is 13.8 Å². The van der Waals surface area contributed by atoms with Gasteiger partial charge in [0.1, 0.15) is 6.61 Å². The first-order chi connectivity index (χ1) is 15.1. The molecule has 31 heavy (non-hydrogen) atoms. The Bertz CT molecular complexity index is 1180. The van der Waals surface area contributed by atoms with E-state index in [1.54, 1.807) is 6.07 Å². The molecule has 0 saturated carbocycles. The summed E-state index contributed by atoms with van der Waals surface area (Å²) in [5.74, 6) is 0.328. The van der Waals surface area contributed by atoms with Crippen LogP contribution in [0.4, 0.5) is 0 Å². The maximum atomic E-state index is 13.0. The van der Waals surface area contributed by atoms with E-state index in [2.05, 4.69) is 60.5 Å². The highest BCUT2D eigenvalue weighted by molar-refractivity contribution is 6.06. The van der Waals surface area contributed by atoms with Crippen molar-refractivity contribution in [3.8, 4) is 5.88 Å². The van der Waals surface area contributed by atoms with Crippen molar-refractivity contribution < 1.29 is 9.53 Å². The molecule has 0 spiro atoms. The molecule has 0 unspecified atom stereocenters. The molecule has 156 valence electrons. The zero-order chi connectivity index (χ0) is 21.6. The van der Waals surface area contributed by atoms with Crippen molar-refractivity contribution in [2.45, 2.75) is 26.9 Å². The maximum absolute atomic E-state index is 13.0. The lowest BCUT2D eigenvalue weighted by Crippen LogP contribution is -2.26. The molecule has 0 aliphatic heterocycles. The molecule has 1 amide bonds. The number of aromatic nitrogens is 1. The number of hydrogen-bond acceptors (Lipinski definition) is 3. The third-order valence-electron chi connectivity index (χ3n) is 5.26. The number of rotatable bonds is 7. The highest BCUT2D eigenvalue weighted by Gasteiger charge is 2.13. The summed E-state index contributed by atoms with van der Waals surface area (Å²) in [5, 5.41) is 3.86. The lowest BCUT2D eigenvalue weighted by Gasteiger charge is -2.12. The first-order valence-corrected chi connectivity index (χ1v) is 10.5. The smallest absolute Gasteiger partial charge is 0.252 e. The van der Waals surface area contributed by atoms with Gasteiger partial charge in [-0.2, -0.15) is 0 Å². The average molecular weight is 411 g/mol. The summed E-state index contributed by atoms with van der Waals surface area (Å²) in [4.78, 5) is 17.6. The number of carbonyl (C=O) groups is 1. The number of nitrogens with one attached hydrogen (secondary N) is 1. The van der Waals surface area contributed by atoms with Gasteiger partial charge in [-0.1, -0.05) is 77.9 Å². The standard InChI is InChI=1S/C27H26N2O2/c1-19-7-11-21(12-8-19)15-16-28-27(30)24-17-26(29-25-6-4-3-5-23(24)25)31-18-22-13-9-20(2)10-14-22/h3-14,17H,15-16,18H2,1-2H3,(H,28,30). The van der Waals surface area contributed by atoms with Crippen molar-refractivity contribution in [1.29, 1.82) is 0 Å². The number of ether oxygens (including phenoxy) is 1. The second-order valence-electron chi connectivity index (χ2n) is 7.79. The molecule has 1 heterocycles. The molecular formula is C27H26N2O2. The molecule has 0 fully saturated rings. The second kappa shape index (κ2) is 9.43. The van der Waals surface area contributed by atoms with Crippen LogP contribution in [0.3, 0.4) is 0 Å². The van der Waals surface area contributed by atoms with E-state index in [4.69, 9.17) is 4.74 Å². The number of benzene rings is 3. The summed E-state index contributed by atoms with van der Waals surface area (Å²) >= 11 is 0. The number of amides is 1. The number of nitrogens with zero attached hydrogens (tertiary/aromatic N) is 1. The summed E-state index contributed by atoms with van der Waals surface area (Å²) < 4.78 is 5.92. The van der Waals surface area contributed by atoms with Gasteiger partial charge >= 0.3 is 0 Å². The number of fused-ring (bicyclic) bond motifs is 1. The number of pyridine rings is 1. The van der Waals surface area contributed by atoms with Gasteiger partial charge in [0.05, 0.1) is 11.1 Å². The zero-order valence-corrected chi connectivity index (χ0v) is 17.9. The van der Waals surface area contributed by atoms with Crippen LogP contribution in [-0.2, 0) is 13.0 Å². The van der Waals surface area contributed by atoms with Crippen LogP contribution in [0.2, 0.25) is 0 Å². The quantitative estimate of drug-likeness (QED) is 0.444. The Labute approximate surface area is 182 Å². The van der Waals surface area contributed by atoms with E-state index in [0.29, 0.717) is 24.6 Å². The molecule has 3 aromatic carbocycles. The lowest BCUT2D eigenvalue weighted by molar-refractivity contribution is 0.0955. The number of carbonyl (C=O) groups excluding carboxylic acids is 1. The lowest BCUT2D eigenvalue weighted by atomic mass is 10.1. The van der Waals surface area contributed by atoms with Crippen molar-refractivity contribution in [3.63, 3.8) is 0 Å². The fourth-order valence-corrected chi connectivity index (χ4v) is 3.42. The van der Waals surface area contributed by atoms with Crippen molar-refractivity contribution >= 4 is 16.8 Å². The van der Waals surface area contributed by atoms with Gasteiger partial charge in [-0.15, -0.1) is 0 Å². The summed E-state index contributed by atoms with van der Waals surface area (Å²) in [6.07, 6.45) is 0.784. The maximum Gasteiger partial charge on any atom is 0.252 e. The van der Waals surface area contributed by atoms with Crippen LogP contribution in [0.25, 0.3) is 10.9 Å². The van der Waals surface area contributed by atoms with E-state index < -0.39 is 0 Å². The molecule has 0 aliphatic rings. The zero-order valence-electron chi connectivity index (χ0n) is 17.9. The Morgan fingerprint density at radius 3 is 2.23 bits per heavy atom. The van der Waals surface area contributed by atoms with Crippen LogP contribution >= 0.6 is 0 Å². The van der Waals surface area contributed by atoms with Crippen LogP contribution in [-0.4, -0.2) is 17.4 Å². The summed E-state index contributed by atoms with van der Waals surface area (Å²) in [6, 6.07) is 25.9. The van der Waals surface area contributed by atoms with Gasteiger partial charge in [0.2, 0.25) is 5.88 Å². The van der Waals surface area contributed by atoms with Crippen LogP contribution < -0.4 is 10.1 Å². The van der Waals surface area contributed by atoms with Crippen molar-refractivity contribution in [2.24, 2.45) is 0 Å². The van der Waals surface area contributed by atoms with Crippen molar-refractivity contribution in [2.75, 3.05) is 6.54 Å². The second-order valence-corrected chi connectivity index (χ2v) is 7.79. The minimum Gasteiger partial charge on any atom is -0.473 e. The highest BCUT2D eigenvalue weighted by Crippen LogP contribution is 2.23. The predicted octanol–water partition coefficient (Wildman–Crippen LogP) is 5.40. The Hall–Kier alpha value is -3.66. The van der Waals surface area contributed by atoms with E-state index in [-0.39, 0.29) is 5.91 Å². The van der Waals surface area contributed by atoms with Crippen molar-refractivity contribution in [1.82, 2.24) is 10.3 Å². The largest absolute Gasteiger partial charge is 0.473 e. The molecule has 4 nitrogen and oxygen atoms in total. The van der Waals surface area contributed by atoms with Crippen molar-refractivity contribution in [3.05, 3.63) is 107 Å².